The summed E-state index contributed by atoms with van der Waals surface area (Å²) in [5.74, 6) is 0.195. The van der Waals surface area contributed by atoms with Crippen LogP contribution in [0.25, 0.3) is 0 Å². The molecule has 0 radical (unpaired) electrons. The van der Waals surface area contributed by atoms with Crippen molar-refractivity contribution in [2.24, 2.45) is 23.7 Å². The van der Waals surface area contributed by atoms with E-state index in [1.54, 1.807) is 6.07 Å². The van der Waals surface area contributed by atoms with Crippen LogP contribution in [0.3, 0.4) is 0 Å². The molecule has 0 unspecified atom stereocenters. The van der Waals surface area contributed by atoms with Crippen molar-refractivity contribution in [1.29, 1.82) is 0 Å². The average molecular weight is 302 g/mol. The lowest BCUT2D eigenvalue weighted by atomic mass is 9.63. The molecule has 1 aromatic carbocycles. The van der Waals surface area contributed by atoms with Gasteiger partial charge in [0.15, 0.2) is 0 Å². The van der Waals surface area contributed by atoms with Gasteiger partial charge in [-0.3, -0.25) is 14.5 Å². The molecule has 3 aliphatic carbocycles. The minimum atomic E-state index is -0.135. The van der Waals surface area contributed by atoms with Gasteiger partial charge < -0.3 is 0 Å². The highest BCUT2D eigenvalue weighted by atomic mass is 35.5. The fourth-order valence-electron chi connectivity index (χ4n) is 4.09. The fraction of sp³-hybridized carbons (Fsp3) is 0.412. The number of hydrogen-bond donors (Lipinski definition) is 0. The van der Waals surface area contributed by atoms with Gasteiger partial charge in [-0.15, -0.1) is 0 Å². The summed E-state index contributed by atoms with van der Waals surface area (Å²) >= 11 is 6.16. The molecule has 1 saturated carbocycles. The predicted octanol–water partition coefficient (Wildman–Crippen LogP) is 3.04. The molecule has 1 heterocycles. The summed E-state index contributed by atoms with van der Waals surface area (Å²) in [4.78, 5) is 26.8. The highest BCUT2D eigenvalue weighted by Gasteiger charge is 2.56. The zero-order valence-electron chi connectivity index (χ0n) is 11.5. The fourth-order valence-corrected chi connectivity index (χ4v) is 4.28. The second-order valence-electron chi connectivity index (χ2n) is 6.20. The van der Waals surface area contributed by atoms with Crippen molar-refractivity contribution in [1.82, 2.24) is 4.90 Å². The maximum absolute atomic E-state index is 12.7. The van der Waals surface area contributed by atoms with Gasteiger partial charge >= 0.3 is 0 Å². The molecule has 1 aromatic rings. The number of amides is 2. The molecule has 21 heavy (non-hydrogen) atoms. The molecule has 2 amide bonds. The van der Waals surface area contributed by atoms with Gasteiger partial charge in [-0.05, 0) is 36.3 Å². The topological polar surface area (TPSA) is 37.4 Å². The van der Waals surface area contributed by atoms with Gasteiger partial charge in [0.05, 0.1) is 18.4 Å². The molecule has 2 fully saturated rings. The highest BCUT2D eigenvalue weighted by Crippen LogP contribution is 2.49. The van der Waals surface area contributed by atoms with E-state index in [1.165, 1.54) is 4.90 Å². The molecule has 0 N–H and O–H groups in total. The van der Waals surface area contributed by atoms with Crippen molar-refractivity contribution in [3.63, 3.8) is 0 Å². The van der Waals surface area contributed by atoms with Crippen LogP contribution in [0, 0.1) is 23.7 Å². The molecule has 1 saturated heterocycles. The van der Waals surface area contributed by atoms with E-state index in [2.05, 4.69) is 12.2 Å². The number of allylic oxidation sites excluding steroid dienone is 2. The third-order valence-corrected chi connectivity index (χ3v) is 5.51. The molecule has 2 bridgehead atoms. The van der Waals surface area contributed by atoms with Crippen LogP contribution in [0.2, 0.25) is 5.02 Å². The number of carbonyl (C=O) groups excluding carboxylic acids is 2. The number of likely N-dealkylation sites (tertiary alicyclic amines) is 1. The predicted molar refractivity (Wildman–Crippen MR) is 79.3 cm³/mol. The first kappa shape index (κ1) is 13.1. The number of benzene rings is 1. The van der Waals surface area contributed by atoms with E-state index in [-0.39, 0.29) is 35.5 Å². The van der Waals surface area contributed by atoms with Crippen LogP contribution in [0.4, 0.5) is 0 Å². The summed E-state index contributed by atoms with van der Waals surface area (Å²) in [6.07, 6.45) is 6.33. The largest absolute Gasteiger partial charge is 0.278 e. The van der Waals surface area contributed by atoms with Crippen LogP contribution < -0.4 is 0 Å². The Kier molecular flexibility index (Phi) is 2.93. The van der Waals surface area contributed by atoms with Crippen molar-refractivity contribution in [3.8, 4) is 0 Å². The van der Waals surface area contributed by atoms with Gasteiger partial charge in [-0.1, -0.05) is 42.0 Å². The van der Waals surface area contributed by atoms with Crippen LogP contribution in [0.5, 0.6) is 0 Å². The van der Waals surface area contributed by atoms with E-state index in [0.717, 1.165) is 18.4 Å². The zero-order chi connectivity index (χ0) is 14.6. The molecule has 4 atom stereocenters. The molecule has 0 spiro atoms. The van der Waals surface area contributed by atoms with Gasteiger partial charge in [-0.25, -0.2) is 0 Å². The standard InChI is InChI=1S/C17H16ClNO2/c18-13-4-2-1-3-12(13)9-19-16(20)14-10-5-6-11(8-7-10)15(14)17(19)21/h1-6,10-11,14-15H,7-9H2/t10-,11-,14-,15+/m0/s1. The van der Waals surface area contributed by atoms with Gasteiger partial charge in [0.1, 0.15) is 0 Å². The number of rotatable bonds is 2. The lowest BCUT2D eigenvalue weighted by molar-refractivity contribution is -0.140. The molecular weight excluding hydrogens is 286 g/mol. The Balaban J connectivity index is 1.65. The molecular formula is C17H16ClNO2. The third-order valence-electron chi connectivity index (χ3n) is 5.14. The Bertz CT molecular complexity index is 622. The van der Waals surface area contributed by atoms with E-state index < -0.39 is 0 Å². The maximum atomic E-state index is 12.7. The van der Waals surface area contributed by atoms with Crippen LogP contribution in [0.1, 0.15) is 18.4 Å². The van der Waals surface area contributed by atoms with Crippen molar-refractivity contribution < 1.29 is 9.59 Å². The van der Waals surface area contributed by atoms with E-state index in [4.69, 9.17) is 11.6 Å². The second-order valence-corrected chi connectivity index (χ2v) is 6.60. The summed E-state index contributed by atoms with van der Waals surface area (Å²) in [6.45, 7) is 0.295. The van der Waals surface area contributed by atoms with Gasteiger partial charge in [-0.2, -0.15) is 0 Å². The van der Waals surface area contributed by atoms with E-state index in [9.17, 15) is 9.59 Å². The smallest absolute Gasteiger partial charge is 0.234 e. The quantitative estimate of drug-likeness (QED) is 0.622. The SMILES string of the molecule is O=C1[C@@H]2[C@H](C(=O)N1Cc1ccccc1Cl)[C@H]1C=C[C@H]2CC1. The van der Waals surface area contributed by atoms with Crippen LogP contribution in [-0.2, 0) is 16.1 Å². The third kappa shape index (κ3) is 1.87. The first-order chi connectivity index (χ1) is 10.2. The zero-order valence-corrected chi connectivity index (χ0v) is 12.3. The average Bonchev–Trinajstić information content (AvgIpc) is 2.78. The molecule has 5 rings (SSSR count). The Morgan fingerprint density at radius 3 is 2.10 bits per heavy atom. The van der Waals surface area contributed by atoms with Crippen molar-refractivity contribution in [2.75, 3.05) is 0 Å². The van der Waals surface area contributed by atoms with E-state index >= 15 is 0 Å². The number of halogens is 1. The van der Waals surface area contributed by atoms with Crippen molar-refractivity contribution in [3.05, 3.63) is 47.0 Å². The maximum Gasteiger partial charge on any atom is 0.234 e. The Hall–Kier alpha value is -1.61. The van der Waals surface area contributed by atoms with Crippen LogP contribution in [0.15, 0.2) is 36.4 Å². The van der Waals surface area contributed by atoms with Gasteiger partial charge in [0, 0.05) is 5.02 Å². The number of nitrogens with zero attached hydrogens (tertiary/aromatic N) is 1. The van der Waals surface area contributed by atoms with Gasteiger partial charge in [0.2, 0.25) is 11.8 Å². The number of fused-ring (bicyclic) bond motifs is 1. The van der Waals surface area contributed by atoms with Gasteiger partial charge in [0.25, 0.3) is 0 Å². The Morgan fingerprint density at radius 2 is 1.57 bits per heavy atom. The first-order valence-electron chi connectivity index (χ1n) is 7.44. The Labute approximate surface area is 128 Å². The Morgan fingerprint density at radius 1 is 1.00 bits per heavy atom. The second kappa shape index (κ2) is 4.70. The summed E-state index contributed by atoms with van der Waals surface area (Å²) < 4.78 is 0. The highest BCUT2D eigenvalue weighted by molar-refractivity contribution is 6.31. The lowest BCUT2D eigenvalue weighted by Gasteiger charge is -2.38. The molecule has 4 heteroatoms. The first-order valence-corrected chi connectivity index (χ1v) is 7.81. The summed E-state index contributed by atoms with van der Waals surface area (Å²) in [7, 11) is 0. The minimum absolute atomic E-state index is 0.0102. The monoisotopic (exact) mass is 301 g/mol. The van der Waals surface area contributed by atoms with Crippen molar-refractivity contribution in [2.45, 2.75) is 19.4 Å². The lowest BCUT2D eigenvalue weighted by Crippen LogP contribution is -2.38. The summed E-state index contributed by atoms with van der Waals surface area (Å²) in [5, 5.41) is 0.606. The molecule has 1 aliphatic heterocycles. The van der Waals surface area contributed by atoms with E-state index in [0.29, 0.717) is 11.6 Å². The number of imide groups is 1. The van der Waals surface area contributed by atoms with E-state index in [1.807, 2.05) is 18.2 Å². The van der Waals surface area contributed by atoms with Crippen LogP contribution >= 0.6 is 11.6 Å². The molecule has 108 valence electrons. The summed E-state index contributed by atoms with van der Waals surface area (Å²) in [6, 6.07) is 7.39. The van der Waals surface area contributed by atoms with Crippen LogP contribution in [-0.4, -0.2) is 16.7 Å². The molecule has 0 aromatic heterocycles. The number of hydrogen-bond acceptors (Lipinski definition) is 2. The molecule has 3 nitrogen and oxygen atoms in total. The normalized spacial score (nSPS) is 33.7. The summed E-state index contributed by atoms with van der Waals surface area (Å²) in [5.41, 5.74) is 0.833. The minimum Gasteiger partial charge on any atom is -0.278 e. The van der Waals surface area contributed by atoms with Crippen molar-refractivity contribution >= 4 is 23.4 Å². The number of carbonyl (C=O) groups is 2. The molecule has 4 aliphatic rings.